The molecule has 21 heavy (non-hydrogen) atoms. The third-order valence-corrected chi connectivity index (χ3v) is 4.17. The van der Waals surface area contributed by atoms with E-state index in [2.05, 4.69) is 21.5 Å². The van der Waals surface area contributed by atoms with Crippen LogP contribution in [0.1, 0.15) is 29.2 Å². The van der Waals surface area contributed by atoms with E-state index >= 15 is 0 Å². The summed E-state index contributed by atoms with van der Waals surface area (Å²) in [5.74, 6) is 0.956. The topological polar surface area (TPSA) is 68.0 Å². The smallest absolute Gasteiger partial charge is 0.229 e. The van der Waals surface area contributed by atoms with Crippen LogP contribution in [-0.4, -0.2) is 22.6 Å². The van der Waals surface area contributed by atoms with E-state index in [-0.39, 0.29) is 17.5 Å². The van der Waals surface area contributed by atoms with Crippen molar-refractivity contribution in [2.45, 2.75) is 25.7 Å². The minimum absolute atomic E-state index is 0.0555. The molecule has 1 amide bonds. The number of aryl methyl sites for hydroxylation is 1. The van der Waals surface area contributed by atoms with Crippen LogP contribution in [0.5, 0.6) is 0 Å². The van der Waals surface area contributed by atoms with E-state index in [1.54, 1.807) is 13.1 Å². The Bertz CT molecular complexity index is 622. The number of carbonyl (C=O) groups excluding carboxylic acids is 1. The molecule has 0 radical (unpaired) electrons. The number of aromatic nitrogens is 2. The first kappa shape index (κ1) is 14.1. The van der Waals surface area contributed by atoms with E-state index < -0.39 is 0 Å². The van der Waals surface area contributed by atoms with E-state index in [0.29, 0.717) is 29.6 Å². The molecule has 1 saturated carbocycles. The second kappa shape index (κ2) is 5.85. The molecule has 6 heteroatoms. The highest BCUT2D eigenvalue weighted by atomic mass is 35.5. The van der Waals surface area contributed by atoms with Crippen molar-refractivity contribution in [2.75, 3.05) is 6.54 Å². The summed E-state index contributed by atoms with van der Waals surface area (Å²) in [5, 5.41) is 6.88. The minimum Gasteiger partial charge on any atom is -0.356 e. The van der Waals surface area contributed by atoms with Crippen molar-refractivity contribution in [1.82, 2.24) is 15.5 Å². The van der Waals surface area contributed by atoms with Gasteiger partial charge in [0.25, 0.3) is 0 Å². The van der Waals surface area contributed by atoms with Gasteiger partial charge in [0.05, 0.1) is 12.1 Å². The van der Waals surface area contributed by atoms with Crippen LogP contribution in [0.2, 0.25) is 5.22 Å². The molecule has 0 unspecified atom stereocenters. The molecule has 0 spiro atoms. The predicted octanol–water partition coefficient (Wildman–Crippen LogP) is 2.49. The normalized spacial score (nSPS) is 20.3. The average Bonchev–Trinajstić information content (AvgIpc) is 3.22. The van der Waals surface area contributed by atoms with Gasteiger partial charge in [-0.05, 0) is 48.4 Å². The number of pyridine rings is 1. The van der Waals surface area contributed by atoms with Crippen LogP contribution < -0.4 is 5.32 Å². The number of rotatable bonds is 5. The van der Waals surface area contributed by atoms with Crippen LogP contribution in [0.3, 0.4) is 0 Å². The van der Waals surface area contributed by atoms with E-state index in [0.717, 1.165) is 6.42 Å². The third-order valence-electron chi connectivity index (χ3n) is 3.87. The zero-order valence-corrected chi connectivity index (χ0v) is 12.4. The summed E-state index contributed by atoms with van der Waals surface area (Å²) in [6, 6.07) is 4.03. The molecule has 2 aromatic heterocycles. The number of halogens is 1. The van der Waals surface area contributed by atoms with Crippen LogP contribution in [0, 0.1) is 12.8 Å². The number of nitrogens with zero attached hydrogens (tertiary/aromatic N) is 2. The summed E-state index contributed by atoms with van der Waals surface area (Å²) in [4.78, 5) is 16.1. The van der Waals surface area contributed by atoms with Gasteiger partial charge >= 0.3 is 0 Å². The summed E-state index contributed by atoms with van der Waals surface area (Å²) in [6.07, 6.45) is 4.97. The maximum atomic E-state index is 11.9. The van der Waals surface area contributed by atoms with Crippen molar-refractivity contribution in [2.24, 2.45) is 5.92 Å². The first-order valence-electron chi connectivity index (χ1n) is 6.92. The van der Waals surface area contributed by atoms with Gasteiger partial charge in [0.15, 0.2) is 0 Å². The number of hydrogen-bond donors (Lipinski definition) is 1. The van der Waals surface area contributed by atoms with Gasteiger partial charge in [0.1, 0.15) is 0 Å². The molecule has 0 aliphatic heterocycles. The first-order chi connectivity index (χ1) is 10.1. The number of nitrogens with one attached hydrogen (secondary N) is 1. The van der Waals surface area contributed by atoms with E-state index in [1.807, 2.05) is 12.3 Å². The van der Waals surface area contributed by atoms with Crippen LogP contribution in [0.15, 0.2) is 29.0 Å². The SMILES string of the molecule is Cc1noc(Cl)c1CC(=O)NC[C@@H]1C[C@H]1c1cccnc1. The summed E-state index contributed by atoms with van der Waals surface area (Å²) < 4.78 is 4.84. The minimum atomic E-state index is -0.0555. The Kier molecular flexibility index (Phi) is 3.92. The molecule has 1 N–H and O–H groups in total. The largest absolute Gasteiger partial charge is 0.356 e. The van der Waals surface area contributed by atoms with Gasteiger partial charge in [-0.25, -0.2) is 0 Å². The molecular weight excluding hydrogens is 290 g/mol. The lowest BCUT2D eigenvalue weighted by Crippen LogP contribution is -2.27. The van der Waals surface area contributed by atoms with Gasteiger partial charge in [0.2, 0.25) is 11.1 Å². The summed E-state index contributed by atoms with van der Waals surface area (Å²) in [7, 11) is 0. The maximum absolute atomic E-state index is 11.9. The second-order valence-electron chi connectivity index (χ2n) is 5.39. The lowest BCUT2D eigenvalue weighted by Gasteiger charge is -2.04. The van der Waals surface area contributed by atoms with Crippen LogP contribution in [0.25, 0.3) is 0 Å². The van der Waals surface area contributed by atoms with Gasteiger partial charge in [-0.2, -0.15) is 0 Å². The first-order valence-corrected chi connectivity index (χ1v) is 7.30. The Hall–Kier alpha value is -1.88. The molecule has 0 saturated heterocycles. The lowest BCUT2D eigenvalue weighted by atomic mass is 10.1. The molecule has 0 aromatic carbocycles. The Morgan fingerprint density at radius 3 is 3.10 bits per heavy atom. The molecular formula is C15H16ClN3O2. The zero-order valence-electron chi connectivity index (χ0n) is 11.7. The Morgan fingerprint density at radius 2 is 2.43 bits per heavy atom. The van der Waals surface area contributed by atoms with Gasteiger partial charge in [0, 0.05) is 24.5 Å². The highest BCUT2D eigenvalue weighted by molar-refractivity contribution is 6.29. The molecule has 2 atom stereocenters. The number of carbonyl (C=O) groups is 1. The Balaban J connectivity index is 1.48. The predicted molar refractivity (Wildman–Crippen MR) is 78.0 cm³/mol. The highest BCUT2D eigenvalue weighted by Crippen LogP contribution is 2.46. The molecule has 1 aliphatic carbocycles. The van der Waals surface area contributed by atoms with Crippen molar-refractivity contribution >= 4 is 17.5 Å². The molecule has 2 heterocycles. The molecule has 1 aliphatic rings. The monoisotopic (exact) mass is 305 g/mol. The van der Waals surface area contributed by atoms with E-state index in [4.69, 9.17) is 16.1 Å². The quantitative estimate of drug-likeness (QED) is 0.921. The second-order valence-corrected chi connectivity index (χ2v) is 5.73. The van der Waals surface area contributed by atoms with Crippen molar-refractivity contribution in [1.29, 1.82) is 0 Å². The van der Waals surface area contributed by atoms with Crippen LogP contribution >= 0.6 is 11.6 Å². The number of amides is 1. The van der Waals surface area contributed by atoms with Crippen LogP contribution in [0.4, 0.5) is 0 Å². The number of hydrogen-bond acceptors (Lipinski definition) is 4. The lowest BCUT2D eigenvalue weighted by molar-refractivity contribution is -0.120. The van der Waals surface area contributed by atoms with Gasteiger partial charge in [-0.1, -0.05) is 11.2 Å². The fourth-order valence-electron chi connectivity index (χ4n) is 2.50. The van der Waals surface area contributed by atoms with Gasteiger partial charge in [-0.3, -0.25) is 9.78 Å². The Labute approximate surface area is 127 Å². The molecule has 0 bridgehead atoms. The van der Waals surface area contributed by atoms with Crippen molar-refractivity contribution < 1.29 is 9.32 Å². The Morgan fingerprint density at radius 1 is 1.57 bits per heavy atom. The fraction of sp³-hybridized carbons (Fsp3) is 0.400. The molecule has 5 nitrogen and oxygen atoms in total. The average molecular weight is 306 g/mol. The molecule has 3 rings (SSSR count). The van der Waals surface area contributed by atoms with Crippen molar-refractivity contribution in [3.05, 3.63) is 46.6 Å². The molecule has 2 aromatic rings. The highest BCUT2D eigenvalue weighted by Gasteiger charge is 2.38. The summed E-state index contributed by atoms with van der Waals surface area (Å²) in [6.45, 7) is 2.46. The standard InChI is InChI=1S/C15H16ClN3O2/c1-9-12(15(16)21-19-9)6-14(20)18-8-11-5-13(11)10-3-2-4-17-7-10/h2-4,7,11,13H,5-6,8H2,1H3,(H,18,20)/t11-,13-/m0/s1. The van der Waals surface area contributed by atoms with Crippen molar-refractivity contribution in [3.8, 4) is 0 Å². The van der Waals surface area contributed by atoms with Gasteiger partial charge in [-0.15, -0.1) is 0 Å². The zero-order chi connectivity index (χ0) is 14.8. The van der Waals surface area contributed by atoms with E-state index in [1.165, 1.54) is 5.56 Å². The van der Waals surface area contributed by atoms with Gasteiger partial charge < -0.3 is 9.84 Å². The van der Waals surface area contributed by atoms with E-state index in [9.17, 15) is 4.79 Å². The summed E-state index contributed by atoms with van der Waals surface area (Å²) >= 11 is 5.85. The van der Waals surface area contributed by atoms with Crippen LogP contribution in [-0.2, 0) is 11.2 Å². The maximum Gasteiger partial charge on any atom is 0.229 e. The summed E-state index contributed by atoms with van der Waals surface area (Å²) in [5.41, 5.74) is 2.57. The fourth-order valence-corrected chi connectivity index (χ4v) is 2.74. The molecule has 1 fully saturated rings. The molecule has 110 valence electrons. The van der Waals surface area contributed by atoms with Crippen molar-refractivity contribution in [3.63, 3.8) is 0 Å². The third kappa shape index (κ3) is 3.24.